The molecule has 0 atom stereocenters. The fourth-order valence-electron chi connectivity index (χ4n) is 6.02. The van der Waals surface area contributed by atoms with E-state index in [1.54, 1.807) is 6.20 Å². The van der Waals surface area contributed by atoms with Crippen LogP contribution in [0.1, 0.15) is 17.0 Å². The molecule has 0 unspecified atom stereocenters. The molecule has 0 N–H and O–H groups in total. The Morgan fingerprint density at radius 2 is 1.50 bits per heavy atom. The summed E-state index contributed by atoms with van der Waals surface area (Å²) >= 11 is -1.99. The minimum absolute atomic E-state index is 0. The number of hydrogen-bond donors (Lipinski definition) is 0. The van der Waals surface area contributed by atoms with E-state index in [0.717, 1.165) is 78.3 Å². The molecule has 241 valence electrons. The Morgan fingerprint density at radius 3 is 2.21 bits per heavy atom. The quantitative estimate of drug-likeness (QED) is 0.131. The predicted octanol–water partition coefficient (Wildman–Crippen LogP) is 9.80. The van der Waals surface area contributed by atoms with Crippen molar-refractivity contribution in [1.82, 2.24) is 19.5 Å². The zero-order chi connectivity index (χ0) is 32.7. The van der Waals surface area contributed by atoms with Gasteiger partial charge < -0.3 is 4.98 Å². The van der Waals surface area contributed by atoms with Crippen molar-refractivity contribution in [3.05, 3.63) is 138 Å². The maximum atomic E-state index is 6.57. The van der Waals surface area contributed by atoms with Crippen molar-refractivity contribution < 1.29 is 24.5 Å². The molecule has 4 aromatic heterocycles. The van der Waals surface area contributed by atoms with Crippen molar-refractivity contribution in [3.63, 3.8) is 0 Å². The van der Waals surface area contributed by atoms with E-state index in [1.165, 1.54) is 4.40 Å². The third-order valence-electron chi connectivity index (χ3n) is 8.64. The number of rotatable bonds is 4. The van der Waals surface area contributed by atoms with E-state index in [2.05, 4.69) is 101 Å². The third kappa shape index (κ3) is 6.28. The summed E-state index contributed by atoms with van der Waals surface area (Å²) in [6.07, 6.45) is 1.79. The fourth-order valence-corrected chi connectivity index (χ4v) is 8.43. The van der Waals surface area contributed by atoms with Crippen LogP contribution >= 0.6 is 0 Å². The van der Waals surface area contributed by atoms with Gasteiger partial charge in [0.1, 0.15) is 0 Å². The molecule has 0 amide bonds. The number of aryl methyl sites for hydroxylation is 3. The van der Waals surface area contributed by atoms with Crippen LogP contribution in [0, 0.1) is 32.9 Å². The number of aromatic nitrogens is 4. The molecule has 0 aliphatic carbocycles. The molecule has 0 spiro atoms. The minimum Gasteiger partial charge on any atom is -0.305 e. The number of para-hydroxylation sites is 1. The Kier molecular flexibility index (Phi) is 9.53. The molecule has 8 rings (SSSR count). The Morgan fingerprint density at radius 1 is 0.729 bits per heavy atom. The summed E-state index contributed by atoms with van der Waals surface area (Å²) in [4.78, 5) is 14.1. The normalized spacial score (nSPS) is 11.4. The Bertz CT molecular complexity index is 2320. The molecule has 1 radical (unpaired) electrons. The second-order valence-corrected chi connectivity index (χ2v) is 23.5. The van der Waals surface area contributed by atoms with E-state index < -0.39 is 13.3 Å². The molecule has 8 aromatic rings. The number of pyridine rings is 2. The molecular formula is C41H36GeIrN4O-2. The molecule has 4 heterocycles. The van der Waals surface area contributed by atoms with Gasteiger partial charge in [-0.2, -0.15) is 0 Å². The molecule has 0 aliphatic rings. The van der Waals surface area contributed by atoms with E-state index in [-0.39, 0.29) is 20.1 Å². The van der Waals surface area contributed by atoms with E-state index in [1.807, 2.05) is 61.5 Å². The van der Waals surface area contributed by atoms with Crippen LogP contribution in [0.5, 0.6) is 0 Å². The summed E-state index contributed by atoms with van der Waals surface area (Å²) in [6, 6.07) is 41.5. The largest absolute Gasteiger partial charge is 0.305 e. The number of fused-ring (bicyclic) bond motifs is 4. The topological polar surface area (TPSA) is 56.7 Å². The van der Waals surface area contributed by atoms with Crippen LogP contribution in [0.25, 0.3) is 61.3 Å². The summed E-state index contributed by atoms with van der Waals surface area (Å²) in [6.45, 7) is 6.22. The van der Waals surface area contributed by atoms with E-state index >= 15 is 0 Å². The Hall–Kier alpha value is -4.36. The number of imidazole rings is 1. The van der Waals surface area contributed by atoms with E-state index in [4.69, 9.17) is 14.4 Å². The van der Waals surface area contributed by atoms with Crippen LogP contribution in [-0.2, 0) is 20.1 Å². The van der Waals surface area contributed by atoms with Crippen LogP contribution in [0.3, 0.4) is 0 Å². The smallest absolute Gasteiger partial charge is 0.0160 e. The summed E-state index contributed by atoms with van der Waals surface area (Å²) < 4.78 is 10.2. The molecule has 4 aromatic carbocycles. The zero-order valence-electron chi connectivity index (χ0n) is 27.9. The molecule has 5 nitrogen and oxygen atoms in total. The van der Waals surface area contributed by atoms with Crippen molar-refractivity contribution in [2.75, 3.05) is 0 Å². The molecule has 0 saturated carbocycles. The van der Waals surface area contributed by atoms with Gasteiger partial charge in [0.05, 0.1) is 0 Å². The Labute approximate surface area is 297 Å². The van der Waals surface area contributed by atoms with Crippen molar-refractivity contribution in [3.8, 4) is 28.3 Å². The van der Waals surface area contributed by atoms with Gasteiger partial charge in [-0.1, -0.05) is 12.1 Å². The van der Waals surface area contributed by atoms with Gasteiger partial charge in [-0.05, 0) is 11.8 Å². The van der Waals surface area contributed by atoms with Crippen LogP contribution in [0.15, 0.2) is 114 Å². The first-order chi connectivity index (χ1) is 22.7. The van der Waals surface area contributed by atoms with Gasteiger partial charge in [-0.15, -0.1) is 35.9 Å². The van der Waals surface area contributed by atoms with Crippen LogP contribution < -0.4 is 4.40 Å². The summed E-state index contributed by atoms with van der Waals surface area (Å²) in [5.74, 6) is 8.05. The number of benzene rings is 4. The fraction of sp³-hybridized carbons (Fsp3) is 0.146. The Balaban J connectivity index is 0.000000260. The molecule has 7 heteroatoms. The van der Waals surface area contributed by atoms with Crippen molar-refractivity contribution >= 4 is 50.6 Å². The average molecular weight is 866 g/mol. The molecule has 0 aliphatic heterocycles. The SMILES string of the molecule is Cc1nc(C)c2nc(-c3[c-]ccc4c3oc3c[c]([Ge]([CH3])([CH3])[CH3])ccc34)n(-c3ccccc3)c2c1C.[Ir].[c-]1ccccc1-c1ccccn1. The van der Waals surface area contributed by atoms with Gasteiger partial charge >= 0.3 is 208 Å². The van der Waals surface area contributed by atoms with Crippen molar-refractivity contribution in [1.29, 1.82) is 0 Å². The number of furan rings is 1. The summed E-state index contributed by atoms with van der Waals surface area (Å²) in [7, 11) is 0. The van der Waals surface area contributed by atoms with Gasteiger partial charge in [-0.25, -0.2) is 0 Å². The molecular weight excluding hydrogens is 829 g/mol. The van der Waals surface area contributed by atoms with Crippen molar-refractivity contribution in [2.45, 2.75) is 38.0 Å². The first kappa shape index (κ1) is 33.5. The third-order valence-corrected chi connectivity index (χ3v) is 12.9. The minimum atomic E-state index is -1.99. The van der Waals surface area contributed by atoms with Crippen LogP contribution in [0.4, 0.5) is 0 Å². The van der Waals surface area contributed by atoms with Gasteiger partial charge in [0.2, 0.25) is 0 Å². The van der Waals surface area contributed by atoms with Gasteiger partial charge in [0, 0.05) is 26.3 Å². The van der Waals surface area contributed by atoms with Crippen LogP contribution in [-0.4, -0.2) is 32.8 Å². The van der Waals surface area contributed by atoms with Crippen molar-refractivity contribution in [2.24, 2.45) is 0 Å². The predicted molar refractivity (Wildman–Crippen MR) is 196 cm³/mol. The summed E-state index contributed by atoms with van der Waals surface area (Å²) in [5, 5.41) is 2.23. The second kappa shape index (κ2) is 13.6. The summed E-state index contributed by atoms with van der Waals surface area (Å²) in [5.41, 5.74) is 10.8. The molecule has 0 bridgehead atoms. The maximum absolute atomic E-state index is 6.57. The standard InChI is InChI=1S/C30H28GeN3O.C11H8N.Ir/c1-18-19(2)32-20(3)27-28(18)34(22-11-8-7-9-12-22)30(33-27)25-14-10-13-24-23-16-15-21(31(4,5)6)17-26(23)35-29(24)25;1-2-6-10(7-3-1)11-8-4-5-9-12-11;/h7-13,15-17H,1-6H3;1-6,8-9H;/q2*-1;. The molecule has 48 heavy (non-hydrogen) atoms. The average Bonchev–Trinajstić information content (AvgIpc) is 3.68. The monoisotopic (exact) mass is 867 g/mol. The molecule has 0 fully saturated rings. The second-order valence-electron chi connectivity index (χ2n) is 12.9. The number of hydrogen-bond acceptors (Lipinski definition) is 4. The number of nitrogens with zero attached hydrogens (tertiary/aromatic N) is 4. The first-order valence-corrected chi connectivity index (χ1v) is 23.2. The van der Waals surface area contributed by atoms with Gasteiger partial charge in [0.15, 0.2) is 0 Å². The van der Waals surface area contributed by atoms with E-state index in [9.17, 15) is 0 Å². The molecule has 0 saturated heterocycles. The first-order valence-electron chi connectivity index (χ1n) is 15.9. The van der Waals surface area contributed by atoms with E-state index in [0.29, 0.717) is 0 Å². The van der Waals surface area contributed by atoms with Gasteiger partial charge in [-0.3, -0.25) is 0 Å². The van der Waals surface area contributed by atoms with Gasteiger partial charge in [0.25, 0.3) is 0 Å². The van der Waals surface area contributed by atoms with Crippen LogP contribution in [0.2, 0.25) is 17.3 Å². The maximum Gasteiger partial charge on any atom is 0.0160 e. The zero-order valence-corrected chi connectivity index (χ0v) is 32.4.